The van der Waals surface area contributed by atoms with E-state index >= 15 is 0 Å². The third kappa shape index (κ3) is 3.04. The average molecular weight is 279 g/mol. The first kappa shape index (κ1) is 13.6. The molecule has 1 aliphatic heterocycles. The van der Waals surface area contributed by atoms with E-state index in [2.05, 4.69) is 16.4 Å². The maximum atomic E-state index is 9.49. The third-order valence-corrected chi connectivity index (χ3v) is 3.67. The molecule has 4 nitrogen and oxygen atoms in total. The lowest BCUT2D eigenvalue weighted by atomic mass is 10.0. The van der Waals surface area contributed by atoms with Gasteiger partial charge in [-0.05, 0) is 24.5 Å². The minimum absolute atomic E-state index is 0.221. The molecule has 1 unspecified atom stereocenters. The van der Waals surface area contributed by atoms with Crippen molar-refractivity contribution in [2.45, 2.75) is 18.9 Å². The molecular weight excluding hydrogens is 262 g/mol. The largest absolute Gasteiger partial charge is 0.376 e. The van der Waals surface area contributed by atoms with E-state index in [1.807, 2.05) is 36.4 Å². The first-order valence-electron chi connectivity index (χ1n) is 7.18. The number of rotatable bonds is 4. The maximum Gasteiger partial charge on any atom is 0.144 e. The van der Waals surface area contributed by atoms with E-state index in [-0.39, 0.29) is 6.10 Å². The van der Waals surface area contributed by atoms with Gasteiger partial charge in [-0.15, -0.1) is 0 Å². The third-order valence-electron chi connectivity index (χ3n) is 3.67. The second-order valence-corrected chi connectivity index (χ2v) is 5.08. The van der Waals surface area contributed by atoms with Crippen molar-refractivity contribution in [3.8, 4) is 17.2 Å². The van der Waals surface area contributed by atoms with Crippen LogP contribution in [-0.2, 0) is 4.74 Å². The van der Waals surface area contributed by atoms with Crippen molar-refractivity contribution in [1.82, 2.24) is 4.98 Å². The summed E-state index contributed by atoms with van der Waals surface area (Å²) in [5.41, 5.74) is 2.52. The molecule has 0 amide bonds. The maximum absolute atomic E-state index is 9.49. The smallest absolute Gasteiger partial charge is 0.144 e. The van der Waals surface area contributed by atoms with E-state index < -0.39 is 0 Å². The highest BCUT2D eigenvalue weighted by Crippen LogP contribution is 2.27. The minimum atomic E-state index is 0.221. The van der Waals surface area contributed by atoms with Crippen LogP contribution in [0.3, 0.4) is 0 Å². The van der Waals surface area contributed by atoms with Gasteiger partial charge in [0.25, 0.3) is 0 Å². The van der Waals surface area contributed by atoms with Crippen molar-refractivity contribution in [1.29, 1.82) is 5.26 Å². The van der Waals surface area contributed by atoms with Gasteiger partial charge in [0.05, 0.1) is 6.10 Å². The molecule has 0 radical (unpaired) electrons. The van der Waals surface area contributed by atoms with E-state index in [0.29, 0.717) is 17.9 Å². The zero-order chi connectivity index (χ0) is 14.5. The Morgan fingerprint density at radius 3 is 2.86 bits per heavy atom. The van der Waals surface area contributed by atoms with E-state index in [1.54, 1.807) is 6.20 Å². The van der Waals surface area contributed by atoms with Crippen molar-refractivity contribution in [2.24, 2.45) is 0 Å². The van der Waals surface area contributed by atoms with Gasteiger partial charge in [0, 0.05) is 24.9 Å². The molecule has 0 spiro atoms. The SMILES string of the molecule is N#Cc1c(-c2ccccc2)ccnc1NCC1CCCO1. The van der Waals surface area contributed by atoms with E-state index in [1.165, 1.54) is 0 Å². The van der Waals surface area contributed by atoms with Crippen LogP contribution in [0.2, 0.25) is 0 Å². The van der Waals surface area contributed by atoms with Crippen LogP contribution in [0.25, 0.3) is 11.1 Å². The molecule has 1 aromatic heterocycles. The second kappa shape index (κ2) is 6.38. The van der Waals surface area contributed by atoms with Gasteiger partial charge in [-0.2, -0.15) is 5.26 Å². The molecule has 3 rings (SSSR count). The monoisotopic (exact) mass is 279 g/mol. The van der Waals surface area contributed by atoms with E-state index in [4.69, 9.17) is 4.74 Å². The molecule has 4 heteroatoms. The van der Waals surface area contributed by atoms with Gasteiger partial charge in [0.2, 0.25) is 0 Å². The molecule has 21 heavy (non-hydrogen) atoms. The van der Waals surface area contributed by atoms with E-state index in [0.717, 1.165) is 30.6 Å². The zero-order valence-corrected chi connectivity index (χ0v) is 11.7. The number of nitrogens with one attached hydrogen (secondary N) is 1. The van der Waals surface area contributed by atoms with Crippen LogP contribution >= 0.6 is 0 Å². The summed E-state index contributed by atoms with van der Waals surface area (Å²) in [5, 5.41) is 12.7. The molecule has 1 atom stereocenters. The van der Waals surface area contributed by atoms with Crippen molar-refractivity contribution < 1.29 is 4.74 Å². The van der Waals surface area contributed by atoms with Gasteiger partial charge >= 0.3 is 0 Å². The molecule has 0 saturated carbocycles. The Kier molecular flexibility index (Phi) is 4.13. The van der Waals surface area contributed by atoms with Crippen LogP contribution in [0.4, 0.5) is 5.82 Å². The summed E-state index contributed by atoms with van der Waals surface area (Å²) in [7, 11) is 0. The first-order valence-corrected chi connectivity index (χ1v) is 7.18. The van der Waals surface area contributed by atoms with Gasteiger partial charge in [-0.25, -0.2) is 4.98 Å². The van der Waals surface area contributed by atoms with Gasteiger partial charge < -0.3 is 10.1 Å². The highest BCUT2D eigenvalue weighted by atomic mass is 16.5. The topological polar surface area (TPSA) is 57.9 Å². The quantitative estimate of drug-likeness (QED) is 0.933. The fourth-order valence-electron chi connectivity index (χ4n) is 2.58. The Morgan fingerprint density at radius 1 is 1.29 bits per heavy atom. The lowest BCUT2D eigenvalue weighted by Gasteiger charge is -2.14. The number of ether oxygens (including phenoxy) is 1. The van der Waals surface area contributed by atoms with Crippen LogP contribution < -0.4 is 5.32 Å². The number of benzene rings is 1. The lowest BCUT2D eigenvalue weighted by molar-refractivity contribution is 0.120. The summed E-state index contributed by atoms with van der Waals surface area (Å²) in [6, 6.07) is 14.1. The predicted octanol–water partition coefficient (Wildman–Crippen LogP) is 3.21. The number of pyridine rings is 1. The number of nitrogens with zero attached hydrogens (tertiary/aromatic N) is 2. The van der Waals surface area contributed by atoms with Crippen LogP contribution in [0.1, 0.15) is 18.4 Å². The van der Waals surface area contributed by atoms with Crippen LogP contribution in [0.5, 0.6) is 0 Å². The molecule has 2 heterocycles. The van der Waals surface area contributed by atoms with E-state index in [9.17, 15) is 5.26 Å². The molecular formula is C17H17N3O. The summed E-state index contributed by atoms with van der Waals surface area (Å²) in [5.74, 6) is 0.634. The average Bonchev–Trinajstić information content (AvgIpc) is 3.06. The number of aromatic nitrogens is 1. The molecule has 1 saturated heterocycles. The molecule has 1 aromatic carbocycles. The van der Waals surface area contributed by atoms with Crippen LogP contribution in [0, 0.1) is 11.3 Å². The fourth-order valence-corrected chi connectivity index (χ4v) is 2.58. The van der Waals surface area contributed by atoms with Gasteiger partial charge in [-0.1, -0.05) is 30.3 Å². The Bertz CT molecular complexity index is 643. The van der Waals surface area contributed by atoms with Crippen LogP contribution in [-0.4, -0.2) is 24.2 Å². The Morgan fingerprint density at radius 2 is 2.14 bits per heavy atom. The summed E-state index contributed by atoms with van der Waals surface area (Å²) < 4.78 is 5.59. The Balaban J connectivity index is 1.86. The molecule has 0 bridgehead atoms. The van der Waals surface area contributed by atoms with Gasteiger partial charge in [0.15, 0.2) is 0 Å². The standard InChI is InChI=1S/C17H17N3O/c18-11-16-15(13-5-2-1-3-6-13)8-9-19-17(16)20-12-14-7-4-10-21-14/h1-3,5-6,8-9,14H,4,7,10,12H2,(H,19,20). The molecule has 2 aromatic rings. The number of nitriles is 1. The molecule has 106 valence electrons. The van der Waals surface area contributed by atoms with Crippen molar-refractivity contribution in [2.75, 3.05) is 18.5 Å². The normalized spacial score (nSPS) is 17.4. The predicted molar refractivity (Wildman–Crippen MR) is 81.9 cm³/mol. The highest BCUT2D eigenvalue weighted by Gasteiger charge is 2.17. The van der Waals surface area contributed by atoms with Crippen molar-refractivity contribution in [3.05, 3.63) is 48.2 Å². The fraction of sp³-hybridized carbons (Fsp3) is 0.294. The molecule has 1 fully saturated rings. The second-order valence-electron chi connectivity index (χ2n) is 5.08. The summed E-state index contributed by atoms with van der Waals surface area (Å²) in [6.45, 7) is 1.52. The Labute approximate surface area is 124 Å². The minimum Gasteiger partial charge on any atom is -0.376 e. The molecule has 0 aliphatic carbocycles. The van der Waals surface area contributed by atoms with Crippen molar-refractivity contribution >= 4 is 5.82 Å². The van der Waals surface area contributed by atoms with Crippen LogP contribution in [0.15, 0.2) is 42.6 Å². The Hall–Kier alpha value is -2.38. The molecule has 1 aliphatic rings. The summed E-state index contributed by atoms with van der Waals surface area (Å²) in [6.07, 6.45) is 4.13. The molecule has 1 N–H and O–H groups in total. The highest BCUT2D eigenvalue weighted by molar-refractivity contribution is 5.75. The number of hydrogen-bond donors (Lipinski definition) is 1. The zero-order valence-electron chi connectivity index (χ0n) is 11.7. The summed E-state index contributed by atoms with van der Waals surface area (Å²) in [4.78, 5) is 4.31. The lowest BCUT2D eigenvalue weighted by Crippen LogP contribution is -2.19. The number of anilines is 1. The van der Waals surface area contributed by atoms with Gasteiger partial charge in [-0.3, -0.25) is 0 Å². The number of hydrogen-bond acceptors (Lipinski definition) is 4. The first-order chi connectivity index (χ1) is 10.4. The van der Waals surface area contributed by atoms with Gasteiger partial charge in [0.1, 0.15) is 17.5 Å². The van der Waals surface area contributed by atoms with Crippen molar-refractivity contribution in [3.63, 3.8) is 0 Å². The summed E-state index contributed by atoms with van der Waals surface area (Å²) >= 11 is 0.